The maximum atomic E-state index is 12.0. The van der Waals surface area contributed by atoms with Gasteiger partial charge in [-0.25, -0.2) is 0 Å². The van der Waals surface area contributed by atoms with Crippen molar-refractivity contribution in [2.45, 2.75) is 38.6 Å². The molecule has 1 amide bonds. The Morgan fingerprint density at radius 3 is 2.77 bits per heavy atom. The maximum absolute atomic E-state index is 12.0. The Balaban J connectivity index is 1.49. The summed E-state index contributed by atoms with van der Waals surface area (Å²) in [6.45, 7) is 6.14. The average Bonchev–Trinajstić information content (AvgIpc) is 2.99. The number of hydrogen-bond acceptors (Lipinski definition) is 4. The number of nitrogens with zero attached hydrogens (tertiary/aromatic N) is 1. The van der Waals surface area contributed by atoms with Crippen molar-refractivity contribution in [3.05, 3.63) is 23.7 Å². The second kappa shape index (κ2) is 7.29. The fourth-order valence-electron chi connectivity index (χ4n) is 3.08. The highest BCUT2D eigenvalue weighted by molar-refractivity contribution is 5.78. The smallest absolute Gasteiger partial charge is 0.234 e. The molecule has 3 rings (SSSR count). The number of nitrogens with one attached hydrogen (secondary N) is 2. The second-order valence-corrected chi connectivity index (χ2v) is 6.59. The van der Waals surface area contributed by atoms with Gasteiger partial charge >= 0.3 is 0 Å². The first-order chi connectivity index (χ1) is 10.7. The molecule has 122 valence electrons. The molecule has 2 fully saturated rings. The standard InChI is InChI=1S/C17H27N3O2/c1-13-4-7-16(22-13)15(20-8-2-3-9-20)11-19-17(21)12-18-10-14-5-6-14/h4,7,14-15,18H,2-3,5-6,8-12H2,1H3,(H,19,21). The van der Waals surface area contributed by atoms with E-state index < -0.39 is 0 Å². The van der Waals surface area contributed by atoms with E-state index in [1.54, 1.807) is 0 Å². The zero-order valence-corrected chi connectivity index (χ0v) is 13.4. The molecule has 2 N–H and O–H groups in total. The second-order valence-electron chi connectivity index (χ2n) is 6.59. The molecular formula is C17H27N3O2. The van der Waals surface area contributed by atoms with Crippen molar-refractivity contribution in [2.24, 2.45) is 5.92 Å². The summed E-state index contributed by atoms with van der Waals surface area (Å²) < 4.78 is 5.80. The van der Waals surface area contributed by atoms with Crippen LogP contribution in [0.2, 0.25) is 0 Å². The largest absolute Gasteiger partial charge is 0.465 e. The minimum atomic E-state index is 0.0770. The van der Waals surface area contributed by atoms with E-state index in [2.05, 4.69) is 15.5 Å². The van der Waals surface area contributed by atoms with Crippen LogP contribution < -0.4 is 10.6 Å². The van der Waals surface area contributed by atoms with Gasteiger partial charge in [-0.15, -0.1) is 0 Å². The normalized spacial score (nSPS) is 20.2. The molecule has 1 aliphatic heterocycles. The van der Waals surface area contributed by atoms with E-state index in [0.717, 1.165) is 37.1 Å². The predicted octanol–water partition coefficient (Wildman–Crippen LogP) is 1.84. The Hall–Kier alpha value is -1.33. The fraction of sp³-hybridized carbons (Fsp3) is 0.706. The Labute approximate surface area is 132 Å². The lowest BCUT2D eigenvalue weighted by Crippen LogP contribution is -2.40. The van der Waals surface area contributed by atoms with E-state index in [1.807, 2.05) is 19.1 Å². The van der Waals surface area contributed by atoms with Crippen molar-refractivity contribution in [1.29, 1.82) is 0 Å². The van der Waals surface area contributed by atoms with Gasteiger partial charge in [-0.05, 0) is 70.3 Å². The average molecular weight is 305 g/mol. The van der Waals surface area contributed by atoms with E-state index in [0.29, 0.717) is 13.1 Å². The SMILES string of the molecule is Cc1ccc(C(CNC(=O)CNCC2CC2)N2CCCC2)o1. The number of rotatable bonds is 8. The highest BCUT2D eigenvalue weighted by Crippen LogP contribution is 2.27. The molecule has 0 spiro atoms. The molecule has 0 radical (unpaired) electrons. The molecule has 1 aromatic rings. The quantitative estimate of drug-likeness (QED) is 0.769. The summed E-state index contributed by atoms with van der Waals surface area (Å²) in [6.07, 6.45) is 5.08. The van der Waals surface area contributed by atoms with Crippen molar-refractivity contribution in [3.63, 3.8) is 0 Å². The highest BCUT2D eigenvalue weighted by atomic mass is 16.3. The van der Waals surface area contributed by atoms with Crippen LogP contribution in [0.15, 0.2) is 16.5 Å². The van der Waals surface area contributed by atoms with Gasteiger partial charge in [0, 0.05) is 6.54 Å². The summed E-state index contributed by atoms with van der Waals surface area (Å²) >= 11 is 0. The highest BCUT2D eigenvalue weighted by Gasteiger charge is 2.26. The Bertz CT molecular complexity index is 490. The molecule has 1 unspecified atom stereocenters. The van der Waals surface area contributed by atoms with Crippen LogP contribution in [0.4, 0.5) is 0 Å². The van der Waals surface area contributed by atoms with E-state index >= 15 is 0 Å². The third-order valence-corrected chi connectivity index (χ3v) is 4.58. The zero-order chi connectivity index (χ0) is 15.4. The summed E-state index contributed by atoms with van der Waals surface area (Å²) in [6, 6.07) is 4.19. The van der Waals surface area contributed by atoms with Crippen LogP contribution in [-0.4, -0.2) is 43.5 Å². The molecule has 1 saturated carbocycles. The minimum Gasteiger partial charge on any atom is -0.465 e. The third kappa shape index (κ3) is 4.34. The number of likely N-dealkylation sites (tertiary alicyclic amines) is 1. The molecule has 0 aromatic carbocycles. The number of aryl methyl sites for hydroxylation is 1. The minimum absolute atomic E-state index is 0.0770. The first kappa shape index (κ1) is 15.6. The van der Waals surface area contributed by atoms with Crippen LogP contribution >= 0.6 is 0 Å². The molecule has 2 aliphatic rings. The van der Waals surface area contributed by atoms with E-state index in [-0.39, 0.29) is 11.9 Å². The van der Waals surface area contributed by atoms with Crippen molar-refractivity contribution >= 4 is 5.91 Å². The number of carbonyl (C=O) groups excluding carboxylic acids is 1. The summed E-state index contributed by atoms with van der Waals surface area (Å²) in [5, 5.41) is 6.29. The molecule has 2 heterocycles. The molecule has 5 nitrogen and oxygen atoms in total. The van der Waals surface area contributed by atoms with Gasteiger partial charge in [0.2, 0.25) is 5.91 Å². The Morgan fingerprint density at radius 2 is 2.14 bits per heavy atom. The van der Waals surface area contributed by atoms with Crippen LogP contribution in [0.5, 0.6) is 0 Å². The molecular weight excluding hydrogens is 278 g/mol. The molecule has 0 bridgehead atoms. The van der Waals surface area contributed by atoms with Gasteiger partial charge in [0.25, 0.3) is 0 Å². The first-order valence-electron chi connectivity index (χ1n) is 8.50. The maximum Gasteiger partial charge on any atom is 0.234 e. The Kier molecular flexibility index (Phi) is 5.16. The molecule has 5 heteroatoms. The van der Waals surface area contributed by atoms with Gasteiger partial charge in [0.1, 0.15) is 11.5 Å². The van der Waals surface area contributed by atoms with Gasteiger partial charge in [-0.1, -0.05) is 0 Å². The lowest BCUT2D eigenvalue weighted by atomic mass is 10.2. The number of hydrogen-bond donors (Lipinski definition) is 2. The van der Waals surface area contributed by atoms with Crippen molar-refractivity contribution in [2.75, 3.05) is 32.7 Å². The molecule has 1 aliphatic carbocycles. The van der Waals surface area contributed by atoms with Gasteiger partial charge < -0.3 is 15.1 Å². The van der Waals surface area contributed by atoms with Gasteiger partial charge in [0.05, 0.1) is 12.6 Å². The molecule has 22 heavy (non-hydrogen) atoms. The lowest BCUT2D eigenvalue weighted by Gasteiger charge is -2.26. The van der Waals surface area contributed by atoms with E-state index in [1.165, 1.54) is 25.7 Å². The first-order valence-corrected chi connectivity index (χ1v) is 8.50. The third-order valence-electron chi connectivity index (χ3n) is 4.58. The zero-order valence-electron chi connectivity index (χ0n) is 13.4. The number of amides is 1. The number of carbonyl (C=O) groups is 1. The van der Waals surface area contributed by atoms with Crippen LogP contribution in [0.3, 0.4) is 0 Å². The fourth-order valence-corrected chi connectivity index (χ4v) is 3.08. The van der Waals surface area contributed by atoms with Crippen LogP contribution in [0, 0.1) is 12.8 Å². The van der Waals surface area contributed by atoms with Crippen molar-refractivity contribution in [3.8, 4) is 0 Å². The predicted molar refractivity (Wildman–Crippen MR) is 85.6 cm³/mol. The van der Waals surface area contributed by atoms with Gasteiger partial charge in [-0.2, -0.15) is 0 Å². The molecule has 1 atom stereocenters. The van der Waals surface area contributed by atoms with Gasteiger partial charge in [-0.3, -0.25) is 9.69 Å². The van der Waals surface area contributed by atoms with Crippen LogP contribution in [0.25, 0.3) is 0 Å². The van der Waals surface area contributed by atoms with E-state index in [9.17, 15) is 4.79 Å². The van der Waals surface area contributed by atoms with Crippen LogP contribution in [-0.2, 0) is 4.79 Å². The summed E-state index contributed by atoms with van der Waals surface area (Å²) in [5.74, 6) is 2.77. The monoisotopic (exact) mass is 305 g/mol. The van der Waals surface area contributed by atoms with Crippen molar-refractivity contribution < 1.29 is 9.21 Å². The topological polar surface area (TPSA) is 57.5 Å². The molecule has 1 saturated heterocycles. The summed E-state index contributed by atoms with van der Waals surface area (Å²) in [7, 11) is 0. The summed E-state index contributed by atoms with van der Waals surface area (Å²) in [4.78, 5) is 14.4. The van der Waals surface area contributed by atoms with Gasteiger partial charge in [0.15, 0.2) is 0 Å². The number of furan rings is 1. The summed E-state index contributed by atoms with van der Waals surface area (Å²) in [5.41, 5.74) is 0. The van der Waals surface area contributed by atoms with Crippen LogP contribution in [0.1, 0.15) is 43.2 Å². The van der Waals surface area contributed by atoms with E-state index in [4.69, 9.17) is 4.42 Å². The Morgan fingerprint density at radius 1 is 1.36 bits per heavy atom. The molecule has 1 aromatic heterocycles. The lowest BCUT2D eigenvalue weighted by molar-refractivity contribution is -0.120. The van der Waals surface area contributed by atoms with Crippen molar-refractivity contribution in [1.82, 2.24) is 15.5 Å².